The normalized spacial score (nSPS) is 21.1. The number of carbonyl (C=O) groups excluding carboxylic acids is 5. The fourth-order valence-corrected chi connectivity index (χ4v) is 5.64. The maximum Gasteiger partial charge on any atom is 0.513 e. The third-order valence-corrected chi connectivity index (χ3v) is 7.36. The summed E-state index contributed by atoms with van der Waals surface area (Å²) in [4.78, 5) is 59.9. The van der Waals surface area contributed by atoms with E-state index in [1.807, 2.05) is 12.1 Å². The molecule has 2 aromatic carbocycles. The number of ether oxygens (including phenoxy) is 7. The summed E-state index contributed by atoms with van der Waals surface area (Å²) in [5.41, 5.74) is 6.86. The van der Waals surface area contributed by atoms with E-state index < -0.39 is 59.0 Å². The first-order valence-corrected chi connectivity index (χ1v) is 14.0. The van der Waals surface area contributed by atoms with Gasteiger partial charge in [-0.25, -0.2) is 4.79 Å². The lowest BCUT2D eigenvalue weighted by atomic mass is 10.0. The average Bonchev–Trinajstić information content (AvgIpc) is 2.92. The van der Waals surface area contributed by atoms with Crippen molar-refractivity contribution in [3.63, 3.8) is 0 Å². The van der Waals surface area contributed by atoms with E-state index in [2.05, 4.69) is 4.74 Å². The first-order chi connectivity index (χ1) is 20.4. The zero-order chi connectivity index (χ0) is 31.7. The average molecular weight is 620 g/mol. The Morgan fingerprint density at radius 3 is 1.98 bits per heavy atom. The number of nitrogens with two attached hydrogens (primary N) is 1. The first-order valence-electron chi connectivity index (χ1n) is 13.1. The number of thioether (sulfide) groups is 1. The summed E-state index contributed by atoms with van der Waals surface area (Å²) in [7, 11) is 1.16. The molecular formula is C29H33NO12S. The largest absolute Gasteiger partial charge is 0.513 e. The molecule has 0 aliphatic carbocycles. The molecule has 1 aliphatic heterocycles. The van der Waals surface area contributed by atoms with E-state index in [9.17, 15) is 24.0 Å². The van der Waals surface area contributed by atoms with Crippen LogP contribution in [0.1, 0.15) is 38.8 Å². The molecule has 232 valence electrons. The molecule has 0 radical (unpaired) electrons. The summed E-state index contributed by atoms with van der Waals surface area (Å²) in [6.45, 7) is 4.44. The maximum atomic E-state index is 12.2. The molecule has 14 heteroatoms. The highest BCUT2D eigenvalue weighted by Gasteiger charge is 2.53. The number of benzene rings is 2. The van der Waals surface area contributed by atoms with Crippen LogP contribution >= 0.6 is 11.8 Å². The van der Waals surface area contributed by atoms with Crippen LogP contribution in [0.25, 0.3) is 0 Å². The molecule has 2 N–H and O–H groups in total. The SMILES string of the molecule is COC(=O)Oc1ccc(Cc2ccc(N)cc2)c(O[C@@H]2S[C@H](COC(C)=O)[C@@H](OC(C)=O)[C@H](OC(C)=O)[C@H]2OC(C)=O)c1. The maximum absolute atomic E-state index is 12.2. The number of rotatable bonds is 10. The minimum Gasteiger partial charge on any atom is -0.475 e. The molecular weight excluding hydrogens is 586 g/mol. The highest BCUT2D eigenvalue weighted by molar-refractivity contribution is 8.00. The summed E-state index contributed by atoms with van der Waals surface area (Å²) in [5.74, 6) is -2.43. The molecule has 43 heavy (non-hydrogen) atoms. The number of nitrogen functional groups attached to an aromatic ring is 1. The molecule has 0 saturated carbocycles. The van der Waals surface area contributed by atoms with Crippen LogP contribution in [0.4, 0.5) is 10.5 Å². The van der Waals surface area contributed by atoms with E-state index in [0.717, 1.165) is 45.2 Å². The summed E-state index contributed by atoms with van der Waals surface area (Å²) >= 11 is 1.05. The van der Waals surface area contributed by atoms with Gasteiger partial charge in [-0.15, -0.1) is 11.8 Å². The Labute approximate surface area is 252 Å². The van der Waals surface area contributed by atoms with E-state index in [0.29, 0.717) is 17.7 Å². The quantitative estimate of drug-likeness (QED) is 0.178. The Morgan fingerprint density at radius 1 is 0.791 bits per heavy atom. The smallest absolute Gasteiger partial charge is 0.475 e. The molecule has 1 aliphatic rings. The molecule has 1 saturated heterocycles. The van der Waals surface area contributed by atoms with Crippen LogP contribution in [0.2, 0.25) is 0 Å². The van der Waals surface area contributed by atoms with Gasteiger partial charge in [0.15, 0.2) is 23.7 Å². The van der Waals surface area contributed by atoms with Crippen molar-refractivity contribution in [2.75, 3.05) is 19.5 Å². The monoisotopic (exact) mass is 619 g/mol. The molecule has 2 aromatic rings. The second-order valence-corrected chi connectivity index (χ2v) is 10.8. The summed E-state index contributed by atoms with van der Waals surface area (Å²) in [6, 6.07) is 11.9. The lowest BCUT2D eigenvalue weighted by Crippen LogP contribution is -2.59. The first kappa shape index (κ1) is 33.0. The minimum absolute atomic E-state index is 0.0959. The van der Waals surface area contributed by atoms with Gasteiger partial charge in [0.25, 0.3) is 0 Å². The van der Waals surface area contributed by atoms with Crippen LogP contribution in [0.3, 0.4) is 0 Å². The standard InChI is InChI=1S/C29H33NO12S/c1-15(31)37-14-24-25(38-16(2)32)26(39-17(3)33)27(40-18(4)34)28(43-24)42-23-13-22(41-29(35)36-5)11-8-20(23)12-19-6-9-21(30)10-7-19/h6-11,13,24-28H,12,14,30H2,1-5H3/t24-,25-,26+,27-,28-/m1/s1. The van der Waals surface area contributed by atoms with Crippen LogP contribution in [0, 0.1) is 0 Å². The molecule has 1 fully saturated rings. The van der Waals surface area contributed by atoms with E-state index in [1.54, 1.807) is 24.3 Å². The van der Waals surface area contributed by atoms with Crippen LogP contribution < -0.4 is 15.2 Å². The van der Waals surface area contributed by atoms with Gasteiger partial charge in [-0.2, -0.15) is 0 Å². The van der Waals surface area contributed by atoms with Gasteiger partial charge < -0.3 is 38.9 Å². The number of methoxy groups -OCH3 is 1. The van der Waals surface area contributed by atoms with Crippen LogP contribution in [-0.4, -0.2) is 72.7 Å². The van der Waals surface area contributed by atoms with Gasteiger partial charge >= 0.3 is 30.0 Å². The molecule has 1 heterocycles. The lowest BCUT2D eigenvalue weighted by molar-refractivity contribution is -0.190. The molecule has 0 bridgehead atoms. The third-order valence-electron chi connectivity index (χ3n) is 5.97. The van der Waals surface area contributed by atoms with Gasteiger partial charge in [0, 0.05) is 45.9 Å². The van der Waals surface area contributed by atoms with Gasteiger partial charge in [0.05, 0.1) is 12.4 Å². The number of hydrogen-bond donors (Lipinski definition) is 1. The van der Waals surface area contributed by atoms with Gasteiger partial charge in [0.1, 0.15) is 18.1 Å². The van der Waals surface area contributed by atoms with Crippen molar-refractivity contribution >= 4 is 47.5 Å². The van der Waals surface area contributed by atoms with Gasteiger partial charge in [-0.3, -0.25) is 19.2 Å². The molecule has 0 aromatic heterocycles. The molecule has 0 spiro atoms. The fraction of sp³-hybridized carbons (Fsp3) is 0.414. The Bertz CT molecular complexity index is 1330. The summed E-state index contributed by atoms with van der Waals surface area (Å²) in [5, 5.41) is -0.802. The minimum atomic E-state index is -1.33. The number of anilines is 1. The predicted molar refractivity (Wildman–Crippen MR) is 152 cm³/mol. The highest BCUT2D eigenvalue weighted by Crippen LogP contribution is 2.41. The highest BCUT2D eigenvalue weighted by atomic mass is 32.2. The fourth-order valence-electron chi connectivity index (χ4n) is 4.26. The Hall–Kier alpha value is -4.46. The van der Waals surface area contributed by atoms with Crippen LogP contribution in [0.5, 0.6) is 11.5 Å². The Balaban J connectivity index is 2.08. The van der Waals surface area contributed by atoms with Crippen molar-refractivity contribution in [1.82, 2.24) is 0 Å². The molecule has 13 nitrogen and oxygen atoms in total. The van der Waals surface area contributed by atoms with Crippen molar-refractivity contribution < 1.29 is 57.1 Å². The van der Waals surface area contributed by atoms with E-state index in [4.69, 9.17) is 34.2 Å². The van der Waals surface area contributed by atoms with Crippen molar-refractivity contribution in [3.8, 4) is 11.5 Å². The lowest BCUT2D eigenvalue weighted by Gasteiger charge is -2.43. The van der Waals surface area contributed by atoms with Gasteiger partial charge in [0.2, 0.25) is 0 Å². The van der Waals surface area contributed by atoms with Crippen molar-refractivity contribution in [1.29, 1.82) is 0 Å². The zero-order valence-electron chi connectivity index (χ0n) is 24.2. The zero-order valence-corrected chi connectivity index (χ0v) is 25.0. The van der Waals surface area contributed by atoms with Crippen molar-refractivity contribution in [2.24, 2.45) is 0 Å². The number of hydrogen-bond acceptors (Lipinski definition) is 14. The van der Waals surface area contributed by atoms with E-state index in [-0.39, 0.29) is 18.1 Å². The molecule has 0 unspecified atom stereocenters. The second-order valence-electron chi connectivity index (χ2n) is 9.43. The topological polar surface area (TPSA) is 176 Å². The Morgan fingerprint density at radius 2 is 1.40 bits per heavy atom. The summed E-state index contributed by atoms with van der Waals surface area (Å²) < 4.78 is 38.0. The molecule has 0 amide bonds. The Kier molecular flexibility index (Phi) is 11.6. The van der Waals surface area contributed by atoms with Crippen molar-refractivity contribution in [3.05, 3.63) is 53.6 Å². The molecule has 3 rings (SSSR count). The van der Waals surface area contributed by atoms with Gasteiger partial charge in [-0.1, -0.05) is 18.2 Å². The van der Waals surface area contributed by atoms with Crippen LogP contribution in [-0.2, 0) is 49.3 Å². The third kappa shape index (κ3) is 9.81. The van der Waals surface area contributed by atoms with E-state index in [1.165, 1.54) is 13.0 Å². The predicted octanol–water partition coefficient (Wildman–Crippen LogP) is 3.18. The number of carbonyl (C=O) groups is 5. The number of esters is 4. The van der Waals surface area contributed by atoms with Gasteiger partial charge in [-0.05, 0) is 29.3 Å². The summed E-state index contributed by atoms with van der Waals surface area (Å²) in [6.07, 6.45) is -4.36. The molecule has 5 atom stereocenters. The van der Waals surface area contributed by atoms with E-state index >= 15 is 0 Å². The van der Waals surface area contributed by atoms with Crippen LogP contribution in [0.15, 0.2) is 42.5 Å². The second kappa shape index (κ2) is 15.1. The van der Waals surface area contributed by atoms with Crippen molar-refractivity contribution in [2.45, 2.75) is 63.1 Å².